The van der Waals surface area contributed by atoms with Crippen molar-refractivity contribution < 1.29 is 19.2 Å². The lowest BCUT2D eigenvalue weighted by molar-refractivity contribution is -0.0494. The molecule has 9 fully saturated rings. The summed E-state index contributed by atoms with van der Waals surface area (Å²) in [4.78, 5) is 13.9. The summed E-state index contributed by atoms with van der Waals surface area (Å²) in [5.41, 5.74) is 40.5. The number of hydrogen-bond donors (Lipinski definition) is 8. The Morgan fingerprint density at radius 1 is 0.333 bits per heavy atom. The van der Waals surface area contributed by atoms with Gasteiger partial charge in [-0.2, -0.15) is 9.58 Å². The first-order valence-electron chi connectivity index (χ1n) is 18.6. The number of nitrogens with zero attached hydrogens (tertiary/aromatic N) is 8. The van der Waals surface area contributed by atoms with Crippen molar-refractivity contribution >= 4 is 22.8 Å². The standard InChI is InChI=1S/C32H48N16/c33-45-21-19-20(22(46-34)24(48-36)23(21)47-35)32-43-30-18-12-6-4-10-16(18)28(41-30)39-26-14-8-2-1-7-13(14)25(37-26)38-27-15-9-3-5-11-17(15)29(40-27)42-31(19)44-32/h13-20,25-32,37-44H,1-12H2. The van der Waals surface area contributed by atoms with Gasteiger partial charge in [0.05, 0.1) is 49.3 Å². The van der Waals surface area contributed by atoms with Gasteiger partial charge < -0.3 is 22.1 Å². The number of fused-ring (bicyclic) bond motifs is 20. The quantitative estimate of drug-likeness (QED) is 0.127. The van der Waals surface area contributed by atoms with E-state index >= 15 is 0 Å². The summed E-state index contributed by atoms with van der Waals surface area (Å²) in [7, 11) is 0. The zero-order valence-corrected chi connectivity index (χ0v) is 27.3. The summed E-state index contributed by atoms with van der Waals surface area (Å²) >= 11 is 0. The molecule has 16 nitrogen and oxygen atoms in total. The second-order valence-electron chi connectivity index (χ2n) is 15.9. The number of hydrogen-bond acceptors (Lipinski definition) is 8. The van der Waals surface area contributed by atoms with Crippen LogP contribution in [0.2, 0.25) is 0 Å². The van der Waals surface area contributed by atoms with E-state index in [9.17, 15) is 22.1 Å². The molecule has 4 aliphatic carbocycles. The largest absolute Gasteiger partial charge is 0.494 e. The summed E-state index contributed by atoms with van der Waals surface area (Å²) in [5.74, 6) is 1.68. The average Bonchev–Trinajstić information content (AvgIpc) is 3.86. The lowest BCUT2D eigenvalue weighted by Crippen LogP contribution is -2.62. The van der Waals surface area contributed by atoms with Gasteiger partial charge in [-0.15, -0.1) is 9.58 Å². The zero-order chi connectivity index (χ0) is 32.5. The molecule has 16 unspecified atom stereocenters. The van der Waals surface area contributed by atoms with E-state index in [0.29, 0.717) is 35.5 Å². The Bertz CT molecular complexity index is 1410. The van der Waals surface area contributed by atoms with Gasteiger partial charge in [0.15, 0.2) is 0 Å². The highest BCUT2D eigenvalue weighted by Crippen LogP contribution is 2.44. The molecule has 4 saturated carbocycles. The van der Waals surface area contributed by atoms with Crippen LogP contribution in [0.5, 0.6) is 0 Å². The highest BCUT2D eigenvalue weighted by atomic mass is 15.4. The van der Waals surface area contributed by atoms with E-state index in [4.69, 9.17) is 0 Å². The van der Waals surface area contributed by atoms with Crippen LogP contribution in [0.25, 0.3) is 22.1 Å². The van der Waals surface area contributed by atoms with Crippen molar-refractivity contribution in [3.63, 3.8) is 0 Å². The fraction of sp³-hybridized carbons (Fsp3) is 0.875. The van der Waals surface area contributed by atoms with Crippen LogP contribution < -0.4 is 42.5 Å². The first kappa shape index (κ1) is 31.2. The van der Waals surface area contributed by atoms with Gasteiger partial charge in [-0.1, -0.05) is 38.5 Å². The van der Waals surface area contributed by atoms with Crippen LogP contribution in [0.3, 0.4) is 0 Å². The Kier molecular flexibility index (Phi) is 8.13. The summed E-state index contributed by atoms with van der Waals surface area (Å²) in [5, 5.41) is 31.7. The number of nitrogens with one attached hydrogen (secondary N) is 8. The van der Waals surface area contributed by atoms with E-state index in [-0.39, 0.29) is 59.8 Å². The third-order valence-corrected chi connectivity index (χ3v) is 13.9. The monoisotopic (exact) mass is 656 g/mol. The minimum Gasteiger partial charge on any atom is -0.361 e. The van der Waals surface area contributed by atoms with Crippen molar-refractivity contribution in [2.75, 3.05) is 0 Å². The fourth-order valence-electron chi connectivity index (χ4n) is 11.9. The van der Waals surface area contributed by atoms with E-state index in [2.05, 4.69) is 61.7 Å². The minimum atomic E-state index is -0.598. The molecule has 5 saturated heterocycles. The normalized spacial score (nSPS) is 49.5. The molecule has 8 N–H and O–H groups in total. The van der Waals surface area contributed by atoms with Crippen LogP contribution in [0.15, 0.2) is 0 Å². The molecule has 0 aromatic rings. The smallest absolute Gasteiger partial charge is 0.361 e. The summed E-state index contributed by atoms with van der Waals surface area (Å²) in [6.45, 7) is 0. The third kappa shape index (κ3) is 4.83. The van der Waals surface area contributed by atoms with Crippen LogP contribution in [-0.2, 0) is 0 Å². The molecule has 5 heterocycles. The maximum absolute atomic E-state index is 10.4. The third-order valence-electron chi connectivity index (χ3n) is 13.9. The Morgan fingerprint density at radius 2 is 0.562 bits per heavy atom. The first-order valence-corrected chi connectivity index (χ1v) is 18.6. The van der Waals surface area contributed by atoms with E-state index in [1.165, 1.54) is 51.4 Å². The highest BCUT2D eigenvalue weighted by molar-refractivity contribution is 6.81. The molecular formula is C32H48N16. The van der Waals surface area contributed by atoms with Gasteiger partial charge in [0.25, 0.3) is 0 Å². The molecule has 9 aliphatic rings. The van der Waals surface area contributed by atoms with Crippen molar-refractivity contribution in [3.8, 4) is 0 Å². The minimum absolute atomic E-state index is 0.0383. The second kappa shape index (κ2) is 12.5. The van der Waals surface area contributed by atoms with Crippen LogP contribution in [-0.4, -0.2) is 91.3 Å². The Balaban J connectivity index is 1.13. The Labute approximate surface area is 280 Å². The molecule has 0 radical (unpaired) electrons. The molecule has 0 spiro atoms. The molecule has 9 rings (SSSR count). The van der Waals surface area contributed by atoms with E-state index in [0.717, 1.165) is 25.7 Å². The van der Waals surface area contributed by atoms with Gasteiger partial charge in [-0.05, 0) is 74.0 Å². The van der Waals surface area contributed by atoms with Crippen molar-refractivity contribution in [2.45, 2.75) is 126 Å². The molecule has 256 valence electrons. The molecule has 0 amide bonds. The summed E-state index contributed by atoms with van der Waals surface area (Å²) in [6, 6.07) is 0. The van der Waals surface area contributed by atoms with Crippen molar-refractivity contribution in [2.24, 2.45) is 47.3 Å². The molecule has 16 atom stereocenters. The lowest BCUT2D eigenvalue weighted by atomic mass is 9.73. The topological polar surface area (TPSA) is 242 Å². The van der Waals surface area contributed by atoms with Crippen LogP contribution in [0.4, 0.5) is 0 Å². The summed E-state index contributed by atoms with van der Waals surface area (Å²) in [6.07, 6.45) is 14.1. The highest BCUT2D eigenvalue weighted by Gasteiger charge is 2.70. The molecular weight excluding hydrogens is 608 g/mol. The molecule has 48 heavy (non-hydrogen) atoms. The molecule has 16 heteroatoms. The fourth-order valence-corrected chi connectivity index (χ4v) is 11.9. The van der Waals surface area contributed by atoms with Crippen LogP contribution in [0, 0.1) is 47.3 Å². The van der Waals surface area contributed by atoms with Crippen LogP contribution in [0.1, 0.15) is 77.0 Å². The van der Waals surface area contributed by atoms with Crippen LogP contribution >= 0.6 is 0 Å². The zero-order valence-electron chi connectivity index (χ0n) is 27.3. The van der Waals surface area contributed by atoms with Gasteiger partial charge >= 0.3 is 22.8 Å². The lowest BCUT2D eigenvalue weighted by Gasteiger charge is -2.34. The van der Waals surface area contributed by atoms with E-state index in [1.54, 1.807) is 0 Å². The Hall–Kier alpha value is -2.80. The SMILES string of the molecule is [N-]=[N+]=C1C(=[N+]=[N-])C(=[N+]=[N-])C2C3NC4NC(NC5NC(NC6NC(NC(N3)C2C1=[N+]=[N-])C1CCCCC61)C1CCCCC51)C1CCCCC41. The maximum Gasteiger partial charge on any atom is 0.494 e. The van der Waals surface area contributed by atoms with Gasteiger partial charge in [-0.3, -0.25) is 42.5 Å². The van der Waals surface area contributed by atoms with Crippen molar-refractivity contribution in [1.29, 1.82) is 0 Å². The summed E-state index contributed by atoms with van der Waals surface area (Å²) < 4.78 is 0. The van der Waals surface area contributed by atoms with Crippen molar-refractivity contribution in [3.05, 3.63) is 22.1 Å². The number of rotatable bonds is 0. The van der Waals surface area contributed by atoms with Gasteiger partial charge in [0, 0.05) is 0 Å². The maximum atomic E-state index is 10.4. The van der Waals surface area contributed by atoms with Gasteiger partial charge in [0.2, 0.25) is 0 Å². The predicted molar refractivity (Wildman–Crippen MR) is 173 cm³/mol. The molecule has 0 aromatic heterocycles. The molecule has 0 aromatic carbocycles. The Morgan fingerprint density at radius 3 is 0.792 bits per heavy atom. The van der Waals surface area contributed by atoms with E-state index < -0.39 is 24.2 Å². The average molecular weight is 657 g/mol. The van der Waals surface area contributed by atoms with Gasteiger partial charge in [0.1, 0.15) is 11.8 Å². The molecule has 8 bridgehead atoms. The first-order chi connectivity index (χ1) is 23.6. The van der Waals surface area contributed by atoms with Crippen molar-refractivity contribution in [1.82, 2.24) is 42.5 Å². The molecule has 5 aliphatic heterocycles. The predicted octanol–water partition coefficient (Wildman–Crippen LogP) is -0.272. The van der Waals surface area contributed by atoms with E-state index in [1.807, 2.05) is 0 Å². The van der Waals surface area contributed by atoms with Gasteiger partial charge in [-0.25, -0.2) is 0 Å². The second-order valence-corrected chi connectivity index (χ2v) is 15.9.